The Morgan fingerprint density at radius 1 is 1.53 bits per heavy atom. The van der Waals surface area contributed by atoms with Gasteiger partial charge in [0.25, 0.3) is 0 Å². The van der Waals surface area contributed by atoms with Crippen molar-refractivity contribution >= 4 is 5.65 Å². The van der Waals surface area contributed by atoms with Gasteiger partial charge < -0.3 is 14.8 Å². The predicted octanol–water partition coefficient (Wildman–Crippen LogP) is 2.15. The summed E-state index contributed by atoms with van der Waals surface area (Å²) in [6, 6.07) is 6.02. The molecule has 1 aliphatic rings. The minimum atomic E-state index is -0.519. The smallest absolute Gasteiger partial charge is 0.137 e. The molecular weight excluding hydrogens is 238 g/mol. The van der Waals surface area contributed by atoms with Gasteiger partial charge in [-0.15, -0.1) is 0 Å². The molecule has 1 fully saturated rings. The molecule has 3 heterocycles. The highest BCUT2D eigenvalue weighted by Gasteiger charge is 2.28. The predicted molar refractivity (Wildman–Crippen MR) is 75.0 cm³/mol. The molecule has 0 aromatic carbocycles. The Morgan fingerprint density at radius 2 is 2.42 bits per heavy atom. The normalized spacial score (nSPS) is 25.6. The molecule has 0 spiro atoms. The van der Waals surface area contributed by atoms with Crippen molar-refractivity contribution in [2.24, 2.45) is 5.92 Å². The fraction of sp³-hybridized carbons (Fsp3) is 0.533. The van der Waals surface area contributed by atoms with Crippen LogP contribution in [0.25, 0.3) is 5.65 Å². The van der Waals surface area contributed by atoms with Gasteiger partial charge in [-0.2, -0.15) is 0 Å². The summed E-state index contributed by atoms with van der Waals surface area (Å²) in [7, 11) is 0. The molecule has 102 valence electrons. The molecule has 1 saturated heterocycles. The monoisotopic (exact) mass is 259 g/mol. The van der Waals surface area contributed by atoms with Crippen molar-refractivity contribution in [3.63, 3.8) is 0 Å². The number of aliphatic hydroxyl groups excluding tert-OH is 1. The Labute approximate surface area is 113 Å². The van der Waals surface area contributed by atoms with Crippen LogP contribution in [0.1, 0.15) is 38.0 Å². The van der Waals surface area contributed by atoms with Gasteiger partial charge in [-0.05, 0) is 37.4 Å². The fourth-order valence-corrected chi connectivity index (χ4v) is 2.95. The van der Waals surface area contributed by atoms with Crippen LogP contribution in [0.4, 0.5) is 0 Å². The molecule has 4 nitrogen and oxygen atoms in total. The van der Waals surface area contributed by atoms with Gasteiger partial charge in [-0.3, -0.25) is 0 Å². The summed E-state index contributed by atoms with van der Waals surface area (Å²) in [6.07, 6.45) is 6.81. The lowest BCUT2D eigenvalue weighted by atomic mass is 9.87. The van der Waals surface area contributed by atoms with Crippen LogP contribution in [0.3, 0.4) is 0 Å². The molecule has 3 rings (SSSR count). The van der Waals surface area contributed by atoms with Crippen molar-refractivity contribution in [2.75, 3.05) is 6.54 Å². The molecule has 3 unspecified atom stereocenters. The number of hydrogen-bond acceptors (Lipinski definition) is 3. The lowest BCUT2D eigenvalue weighted by Crippen LogP contribution is -2.42. The van der Waals surface area contributed by atoms with Gasteiger partial charge in [0, 0.05) is 18.4 Å². The van der Waals surface area contributed by atoms with Crippen molar-refractivity contribution < 1.29 is 5.11 Å². The van der Waals surface area contributed by atoms with Crippen LogP contribution in [0.15, 0.2) is 30.6 Å². The molecule has 0 amide bonds. The lowest BCUT2D eigenvalue weighted by molar-refractivity contribution is 0.0948. The second-order valence-corrected chi connectivity index (χ2v) is 5.44. The van der Waals surface area contributed by atoms with E-state index in [2.05, 4.69) is 17.2 Å². The van der Waals surface area contributed by atoms with E-state index < -0.39 is 6.10 Å². The Morgan fingerprint density at radius 3 is 3.21 bits per heavy atom. The number of fused-ring (bicyclic) bond motifs is 1. The first-order chi connectivity index (χ1) is 9.28. The van der Waals surface area contributed by atoms with Gasteiger partial charge in [-0.25, -0.2) is 4.98 Å². The van der Waals surface area contributed by atoms with Crippen molar-refractivity contribution in [3.05, 3.63) is 36.3 Å². The summed E-state index contributed by atoms with van der Waals surface area (Å²) in [5, 5.41) is 13.9. The minimum Gasteiger partial charge on any atom is -0.385 e. The molecule has 2 N–H and O–H groups in total. The van der Waals surface area contributed by atoms with Crippen LogP contribution in [0, 0.1) is 5.92 Å². The number of nitrogens with one attached hydrogen (secondary N) is 1. The number of aromatic nitrogens is 2. The largest absolute Gasteiger partial charge is 0.385 e. The first-order valence-electron chi connectivity index (χ1n) is 7.13. The number of imidazole rings is 1. The molecule has 2 aromatic heterocycles. The molecule has 3 atom stereocenters. The molecule has 0 saturated carbocycles. The maximum absolute atomic E-state index is 10.5. The maximum Gasteiger partial charge on any atom is 0.137 e. The van der Waals surface area contributed by atoms with Gasteiger partial charge in [0.2, 0.25) is 0 Å². The van der Waals surface area contributed by atoms with Gasteiger partial charge in [0.15, 0.2) is 0 Å². The highest BCUT2D eigenvalue weighted by molar-refractivity contribution is 5.40. The summed E-state index contributed by atoms with van der Waals surface area (Å²) >= 11 is 0. The van der Waals surface area contributed by atoms with E-state index in [0.29, 0.717) is 0 Å². The average Bonchev–Trinajstić information content (AvgIpc) is 2.90. The van der Waals surface area contributed by atoms with E-state index in [1.165, 1.54) is 12.8 Å². The third kappa shape index (κ3) is 2.51. The molecule has 1 aliphatic heterocycles. The highest BCUT2D eigenvalue weighted by atomic mass is 16.3. The zero-order valence-corrected chi connectivity index (χ0v) is 11.3. The quantitative estimate of drug-likeness (QED) is 0.888. The van der Waals surface area contributed by atoms with Gasteiger partial charge in [0.1, 0.15) is 11.8 Å². The van der Waals surface area contributed by atoms with Crippen molar-refractivity contribution in [1.82, 2.24) is 14.7 Å². The van der Waals surface area contributed by atoms with E-state index in [1.807, 2.05) is 35.0 Å². The number of hydrogen-bond donors (Lipinski definition) is 2. The van der Waals surface area contributed by atoms with E-state index in [0.717, 1.165) is 30.2 Å². The van der Waals surface area contributed by atoms with Crippen LogP contribution in [0.5, 0.6) is 0 Å². The number of pyridine rings is 1. The summed E-state index contributed by atoms with van der Waals surface area (Å²) in [5.74, 6) is 0.720. The highest BCUT2D eigenvalue weighted by Crippen LogP contribution is 2.27. The minimum absolute atomic E-state index is 0.128. The van der Waals surface area contributed by atoms with Crippen molar-refractivity contribution in [1.29, 1.82) is 0 Å². The van der Waals surface area contributed by atoms with Crippen LogP contribution < -0.4 is 5.32 Å². The Kier molecular flexibility index (Phi) is 3.53. The summed E-state index contributed by atoms with van der Waals surface area (Å²) < 4.78 is 1.96. The molecule has 4 heteroatoms. The Bertz CT molecular complexity index is 518. The summed E-state index contributed by atoms with van der Waals surface area (Å²) in [5.41, 5.74) is 1.65. The van der Waals surface area contributed by atoms with E-state index in [1.54, 1.807) is 0 Å². The van der Waals surface area contributed by atoms with Crippen LogP contribution >= 0.6 is 0 Å². The van der Waals surface area contributed by atoms with E-state index in [9.17, 15) is 5.11 Å². The molecule has 0 radical (unpaired) electrons. The van der Waals surface area contributed by atoms with E-state index in [4.69, 9.17) is 0 Å². The van der Waals surface area contributed by atoms with Gasteiger partial charge in [0.05, 0.1) is 5.69 Å². The molecule has 0 bridgehead atoms. The zero-order valence-electron chi connectivity index (χ0n) is 11.3. The van der Waals surface area contributed by atoms with Crippen LogP contribution in [0.2, 0.25) is 0 Å². The van der Waals surface area contributed by atoms with Crippen molar-refractivity contribution in [2.45, 2.75) is 38.3 Å². The number of aliphatic hydroxyl groups is 1. The first-order valence-corrected chi connectivity index (χ1v) is 7.13. The SMILES string of the molecule is CCC1CCNC(C(O)c2cn3ccccc3n2)C1. The number of rotatable bonds is 3. The standard InChI is InChI=1S/C15H21N3O/c1-2-11-6-7-16-12(9-11)15(19)13-10-18-8-4-3-5-14(18)17-13/h3-5,8,10-12,15-16,19H,2,6-7,9H2,1H3. The van der Waals surface area contributed by atoms with E-state index in [-0.39, 0.29) is 6.04 Å². The zero-order chi connectivity index (χ0) is 13.2. The van der Waals surface area contributed by atoms with E-state index >= 15 is 0 Å². The molecule has 19 heavy (non-hydrogen) atoms. The fourth-order valence-electron chi connectivity index (χ4n) is 2.95. The Balaban J connectivity index is 1.80. The second-order valence-electron chi connectivity index (χ2n) is 5.44. The van der Waals surface area contributed by atoms with Crippen LogP contribution in [-0.2, 0) is 0 Å². The summed E-state index contributed by atoms with van der Waals surface area (Å²) in [6.45, 7) is 3.22. The van der Waals surface area contributed by atoms with Crippen LogP contribution in [-0.4, -0.2) is 27.1 Å². The molecule has 0 aliphatic carbocycles. The molecular formula is C15H21N3O. The molecule has 2 aromatic rings. The Hall–Kier alpha value is -1.39. The number of piperidine rings is 1. The third-order valence-electron chi connectivity index (χ3n) is 4.19. The average molecular weight is 259 g/mol. The topological polar surface area (TPSA) is 49.6 Å². The summed E-state index contributed by atoms with van der Waals surface area (Å²) in [4.78, 5) is 4.51. The van der Waals surface area contributed by atoms with Gasteiger partial charge >= 0.3 is 0 Å². The second kappa shape index (κ2) is 5.31. The van der Waals surface area contributed by atoms with Crippen molar-refractivity contribution in [3.8, 4) is 0 Å². The van der Waals surface area contributed by atoms with Gasteiger partial charge in [-0.1, -0.05) is 19.4 Å². The first kappa shape index (κ1) is 12.6. The third-order valence-corrected chi connectivity index (χ3v) is 4.19. The maximum atomic E-state index is 10.5. The lowest BCUT2D eigenvalue weighted by Gasteiger charge is -2.32. The number of nitrogens with zero attached hydrogens (tertiary/aromatic N) is 2.